The molecule has 0 aliphatic heterocycles. The molecule has 1 amide bonds. The number of hydrogen-bond acceptors (Lipinski definition) is 2. The van der Waals surface area contributed by atoms with Crippen LogP contribution in [0.1, 0.15) is 38.1 Å². The van der Waals surface area contributed by atoms with Crippen LogP contribution >= 0.6 is 15.9 Å². The highest BCUT2D eigenvalue weighted by atomic mass is 79.9. The Labute approximate surface area is 131 Å². The van der Waals surface area contributed by atoms with Crippen molar-refractivity contribution in [3.05, 3.63) is 33.8 Å². The third kappa shape index (κ3) is 2.48. The van der Waals surface area contributed by atoms with Crippen LogP contribution in [0.4, 0.5) is 8.78 Å². The highest BCUT2D eigenvalue weighted by Gasteiger charge is 2.60. The Bertz CT molecular complexity index is 562. The van der Waals surface area contributed by atoms with Crippen molar-refractivity contribution >= 4 is 21.8 Å². The summed E-state index contributed by atoms with van der Waals surface area (Å²) in [6.45, 7) is 7.73. The fourth-order valence-corrected chi connectivity index (χ4v) is 3.92. The van der Waals surface area contributed by atoms with Gasteiger partial charge in [0.1, 0.15) is 17.2 Å². The number of nitrogens with two attached hydrogens (primary N) is 1. The van der Waals surface area contributed by atoms with E-state index in [1.807, 2.05) is 27.7 Å². The minimum absolute atomic E-state index is 0.102. The molecule has 6 heteroatoms. The maximum Gasteiger partial charge on any atom is 0.257 e. The average molecular weight is 361 g/mol. The molecule has 21 heavy (non-hydrogen) atoms. The molecular formula is C15H19BrF2N2O. The first-order chi connectivity index (χ1) is 9.49. The summed E-state index contributed by atoms with van der Waals surface area (Å²) in [5.74, 6) is -2.53. The van der Waals surface area contributed by atoms with E-state index < -0.39 is 23.1 Å². The summed E-state index contributed by atoms with van der Waals surface area (Å²) in [5, 5.41) is 2.73. The van der Waals surface area contributed by atoms with Crippen molar-refractivity contribution in [1.29, 1.82) is 0 Å². The smallest absolute Gasteiger partial charge is 0.257 e. The molecule has 1 aliphatic rings. The van der Waals surface area contributed by atoms with Crippen molar-refractivity contribution in [3.8, 4) is 0 Å². The summed E-state index contributed by atoms with van der Waals surface area (Å²) in [5.41, 5.74) is 4.88. The highest BCUT2D eigenvalue weighted by molar-refractivity contribution is 9.10. The fraction of sp³-hybridized carbons (Fsp3) is 0.533. The van der Waals surface area contributed by atoms with Gasteiger partial charge in [0.05, 0.1) is 0 Å². The van der Waals surface area contributed by atoms with Gasteiger partial charge < -0.3 is 11.1 Å². The van der Waals surface area contributed by atoms with Gasteiger partial charge in [0.2, 0.25) is 0 Å². The van der Waals surface area contributed by atoms with Crippen LogP contribution in [0.2, 0.25) is 0 Å². The number of rotatable bonds is 2. The zero-order chi connectivity index (χ0) is 16.2. The largest absolute Gasteiger partial charge is 0.348 e. The standard InChI is InChI=1S/C15H19BrF2N2O/c1-14(2)12(19)15(3,4)13(14)20-11(21)10-8(17)5-7(16)6-9(10)18/h5-6,12-13H,19H2,1-4H3,(H,20,21). The summed E-state index contributed by atoms with van der Waals surface area (Å²) in [7, 11) is 0. The number of halogens is 3. The van der Waals surface area contributed by atoms with Crippen molar-refractivity contribution < 1.29 is 13.6 Å². The van der Waals surface area contributed by atoms with E-state index in [1.165, 1.54) is 0 Å². The Morgan fingerprint density at radius 3 is 2.05 bits per heavy atom. The second-order valence-corrected chi connectivity index (χ2v) is 7.69. The van der Waals surface area contributed by atoms with Gasteiger partial charge in [-0.05, 0) is 12.1 Å². The molecule has 1 aromatic carbocycles. The summed E-state index contributed by atoms with van der Waals surface area (Å²) in [6, 6.07) is 1.78. The lowest BCUT2D eigenvalue weighted by atomic mass is 9.48. The van der Waals surface area contributed by atoms with Gasteiger partial charge in [0.25, 0.3) is 5.91 Å². The zero-order valence-corrected chi connectivity index (χ0v) is 14.0. The van der Waals surface area contributed by atoms with Crippen molar-refractivity contribution in [2.45, 2.75) is 39.8 Å². The Kier molecular flexibility index (Phi) is 3.91. The molecule has 1 fully saturated rings. The predicted molar refractivity (Wildman–Crippen MR) is 80.8 cm³/mol. The van der Waals surface area contributed by atoms with E-state index in [0.29, 0.717) is 0 Å². The van der Waals surface area contributed by atoms with Crippen molar-refractivity contribution in [3.63, 3.8) is 0 Å². The average Bonchev–Trinajstić information content (AvgIpc) is 2.33. The number of hydrogen-bond donors (Lipinski definition) is 2. The van der Waals surface area contributed by atoms with Crippen LogP contribution < -0.4 is 11.1 Å². The molecule has 0 unspecified atom stereocenters. The maximum atomic E-state index is 13.8. The zero-order valence-electron chi connectivity index (χ0n) is 12.4. The SMILES string of the molecule is CC1(C)C(N)C(C)(C)C1NC(=O)c1c(F)cc(Br)cc1F. The van der Waals surface area contributed by atoms with Gasteiger partial charge in [-0.15, -0.1) is 0 Å². The van der Waals surface area contributed by atoms with E-state index in [2.05, 4.69) is 21.2 Å². The van der Waals surface area contributed by atoms with E-state index >= 15 is 0 Å². The van der Waals surface area contributed by atoms with Gasteiger partial charge >= 0.3 is 0 Å². The molecule has 3 N–H and O–H groups in total. The van der Waals surface area contributed by atoms with E-state index in [1.54, 1.807) is 0 Å². The first kappa shape index (κ1) is 16.4. The predicted octanol–water partition coefficient (Wildman–Crippen LogP) is 3.22. The molecule has 2 rings (SSSR count). The lowest BCUT2D eigenvalue weighted by molar-refractivity contribution is -0.0664. The number of nitrogens with one attached hydrogen (secondary N) is 1. The first-order valence-electron chi connectivity index (χ1n) is 6.70. The van der Waals surface area contributed by atoms with Gasteiger partial charge in [-0.3, -0.25) is 4.79 Å². The van der Waals surface area contributed by atoms with Crippen LogP contribution in [0.15, 0.2) is 16.6 Å². The van der Waals surface area contributed by atoms with Crippen LogP contribution in [-0.4, -0.2) is 18.0 Å². The maximum absolute atomic E-state index is 13.8. The number of amides is 1. The summed E-state index contributed by atoms with van der Waals surface area (Å²) in [6.07, 6.45) is 0. The Morgan fingerprint density at radius 1 is 1.19 bits per heavy atom. The third-order valence-electron chi connectivity index (χ3n) is 4.60. The van der Waals surface area contributed by atoms with Crippen LogP contribution in [0.5, 0.6) is 0 Å². The molecule has 0 bridgehead atoms. The quantitative estimate of drug-likeness (QED) is 0.850. The van der Waals surface area contributed by atoms with Crippen LogP contribution in [0.3, 0.4) is 0 Å². The molecule has 0 spiro atoms. The molecule has 0 aromatic heterocycles. The normalized spacial score (nSPS) is 26.1. The molecule has 1 aromatic rings. The number of carbonyl (C=O) groups is 1. The monoisotopic (exact) mass is 360 g/mol. The Morgan fingerprint density at radius 2 is 1.62 bits per heavy atom. The minimum atomic E-state index is -0.890. The number of benzene rings is 1. The fourth-order valence-electron chi connectivity index (χ4n) is 3.51. The lowest BCUT2D eigenvalue weighted by Gasteiger charge is -2.62. The molecular weight excluding hydrogens is 342 g/mol. The molecule has 0 atom stereocenters. The van der Waals surface area contributed by atoms with Gasteiger partial charge in [-0.2, -0.15) is 0 Å². The molecule has 0 saturated heterocycles. The van der Waals surface area contributed by atoms with Gasteiger partial charge in [-0.25, -0.2) is 8.78 Å². The van der Waals surface area contributed by atoms with E-state index in [4.69, 9.17) is 5.73 Å². The molecule has 116 valence electrons. The summed E-state index contributed by atoms with van der Waals surface area (Å²) >= 11 is 2.99. The van der Waals surface area contributed by atoms with E-state index in [9.17, 15) is 13.6 Å². The Hall–Kier alpha value is -1.01. The van der Waals surface area contributed by atoms with E-state index in [0.717, 1.165) is 12.1 Å². The first-order valence-corrected chi connectivity index (χ1v) is 7.50. The summed E-state index contributed by atoms with van der Waals surface area (Å²) in [4.78, 5) is 12.2. The Balaban J connectivity index is 2.28. The van der Waals surface area contributed by atoms with Crippen LogP contribution in [0.25, 0.3) is 0 Å². The van der Waals surface area contributed by atoms with Crippen LogP contribution in [-0.2, 0) is 0 Å². The topological polar surface area (TPSA) is 55.1 Å². The second kappa shape index (κ2) is 5.02. The van der Waals surface area contributed by atoms with Crippen molar-refractivity contribution in [2.75, 3.05) is 0 Å². The second-order valence-electron chi connectivity index (χ2n) is 6.77. The van der Waals surface area contributed by atoms with Crippen LogP contribution in [0, 0.1) is 22.5 Å². The number of carbonyl (C=O) groups excluding carboxylic acids is 1. The van der Waals surface area contributed by atoms with E-state index in [-0.39, 0.29) is 27.4 Å². The van der Waals surface area contributed by atoms with Gasteiger partial charge in [0.15, 0.2) is 0 Å². The molecule has 0 radical (unpaired) electrons. The third-order valence-corrected chi connectivity index (χ3v) is 5.06. The molecule has 1 aliphatic carbocycles. The summed E-state index contributed by atoms with van der Waals surface area (Å²) < 4.78 is 27.9. The molecule has 0 heterocycles. The molecule has 3 nitrogen and oxygen atoms in total. The van der Waals surface area contributed by atoms with Crippen molar-refractivity contribution in [2.24, 2.45) is 16.6 Å². The minimum Gasteiger partial charge on any atom is -0.348 e. The van der Waals surface area contributed by atoms with Gasteiger partial charge in [-0.1, -0.05) is 43.6 Å². The van der Waals surface area contributed by atoms with Crippen molar-refractivity contribution in [1.82, 2.24) is 5.32 Å². The highest BCUT2D eigenvalue weighted by Crippen LogP contribution is 2.52. The lowest BCUT2D eigenvalue weighted by Crippen LogP contribution is -2.76. The molecule has 1 saturated carbocycles. The van der Waals surface area contributed by atoms with Gasteiger partial charge in [0, 0.05) is 27.4 Å².